The third-order valence-electron chi connectivity index (χ3n) is 6.33. The number of para-hydroxylation sites is 2. The number of H-pyrrole nitrogens is 1. The Morgan fingerprint density at radius 3 is 2.29 bits per heavy atom. The molecule has 1 fully saturated rings. The number of imide groups is 1. The van der Waals surface area contributed by atoms with Gasteiger partial charge in [-0.25, -0.2) is 4.90 Å². The van der Waals surface area contributed by atoms with Crippen molar-refractivity contribution < 1.29 is 14.3 Å². The van der Waals surface area contributed by atoms with E-state index in [9.17, 15) is 14.4 Å². The Bertz CT molecular complexity index is 1470. The molecule has 2 aliphatic heterocycles. The van der Waals surface area contributed by atoms with Crippen molar-refractivity contribution in [2.45, 2.75) is 22.8 Å². The second-order valence-electron chi connectivity index (χ2n) is 8.41. The van der Waals surface area contributed by atoms with Gasteiger partial charge in [0.15, 0.2) is 0 Å². The van der Waals surface area contributed by atoms with Gasteiger partial charge in [0.25, 0.3) is 0 Å². The lowest BCUT2D eigenvalue weighted by Gasteiger charge is -2.30. The van der Waals surface area contributed by atoms with Crippen molar-refractivity contribution in [1.82, 2.24) is 4.98 Å². The summed E-state index contributed by atoms with van der Waals surface area (Å²) >= 11 is 2.37. The minimum Gasteiger partial charge on any atom is -0.489 e. The summed E-state index contributed by atoms with van der Waals surface area (Å²) in [6.07, 6.45) is 0. The lowest BCUT2D eigenvalue weighted by Crippen LogP contribution is -2.32. The highest BCUT2D eigenvalue weighted by Gasteiger charge is 2.56. The van der Waals surface area contributed by atoms with E-state index < -0.39 is 17.1 Å². The molecule has 2 aliphatic rings. The zero-order valence-electron chi connectivity index (χ0n) is 18.4. The summed E-state index contributed by atoms with van der Waals surface area (Å²) < 4.78 is 6.22. The van der Waals surface area contributed by atoms with E-state index in [0.717, 1.165) is 27.3 Å². The number of hydrogen-bond donors (Lipinski definition) is 1. The molecule has 35 heavy (non-hydrogen) atoms. The Hall–Kier alpha value is -3.62. The maximum absolute atomic E-state index is 13.8. The molecule has 0 unspecified atom stereocenters. The maximum atomic E-state index is 13.8. The molecule has 6 rings (SSSR count). The van der Waals surface area contributed by atoms with E-state index in [1.54, 1.807) is 12.1 Å². The molecule has 3 atom stereocenters. The van der Waals surface area contributed by atoms with Crippen molar-refractivity contribution in [2.75, 3.05) is 4.90 Å². The average molecular weight is 501 g/mol. The van der Waals surface area contributed by atoms with E-state index in [-0.39, 0.29) is 16.7 Å². The average Bonchev–Trinajstić information content (AvgIpc) is 3.38. The summed E-state index contributed by atoms with van der Waals surface area (Å²) in [7, 11) is 0. The monoisotopic (exact) mass is 500 g/mol. The molecule has 3 heterocycles. The Labute approximate surface area is 209 Å². The predicted octanol–water partition coefficient (Wildman–Crippen LogP) is 4.81. The van der Waals surface area contributed by atoms with Crippen LogP contribution in [0.4, 0.5) is 5.69 Å². The summed E-state index contributed by atoms with van der Waals surface area (Å²) in [6.45, 7) is 0.368. The number of benzene rings is 3. The number of aromatic nitrogens is 1. The number of fused-ring (bicyclic) bond motifs is 2. The number of carbonyl (C=O) groups is 2. The zero-order valence-corrected chi connectivity index (χ0v) is 20.1. The molecule has 8 heteroatoms. The number of nitrogens with zero attached hydrogens (tertiary/aromatic N) is 1. The molecule has 1 N–H and O–H groups in total. The first-order valence-electron chi connectivity index (χ1n) is 11.2. The van der Waals surface area contributed by atoms with Gasteiger partial charge in [0.1, 0.15) is 17.6 Å². The maximum Gasteiger partial charge on any atom is 0.305 e. The largest absolute Gasteiger partial charge is 0.489 e. The van der Waals surface area contributed by atoms with Crippen LogP contribution in [0.3, 0.4) is 0 Å². The molecule has 0 bridgehead atoms. The number of rotatable bonds is 5. The number of carbonyl (C=O) groups excluding carboxylic acids is 2. The van der Waals surface area contributed by atoms with Crippen molar-refractivity contribution >= 4 is 40.6 Å². The predicted molar refractivity (Wildman–Crippen MR) is 136 cm³/mol. The fraction of sp³-hybridized carbons (Fsp3) is 0.148. The molecule has 0 radical (unpaired) electrons. The van der Waals surface area contributed by atoms with Gasteiger partial charge in [0, 0.05) is 16.4 Å². The van der Waals surface area contributed by atoms with Gasteiger partial charge in [0.2, 0.25) is 11.8 Å². The van der Waals surface area contributed by atoms with Crippen molar-refractivity contribution in [3.8, 4) is 5.75 Å². The first kappa shape index (κ1) is 21.9. The second kappa shape index (κ2) is 8.87. The molecule has 1 aromatic heterocycles. The van der Waals surface area contributed by atoms with Crippen LogP contribution in [0.5, 0.6) is 5.75 Å². The van der Waals surface area contributed by atoms with Crippen molar-refractivity contribution in [2.24, 2.45) is 5.92 Å². The van der Waals surface area contributed by atoms with Crippen LogP contribution in [0.25, 0.3) is 0 Å². The molecule has 3 aromatic carbocycles. The van der Waals surface area contributed by atoms with E-state index in [0.29, 0.717) is 23.1 Å². The second-order valence-corrected chi connectivity index (χ2v) is 10.6. The molecule has 2 amide bonds. The van der Waals surface area contributed by atoms with Crippen molar-refractivity contribution in [3.05, 3.63) is 111 Å². The zero-order chi connectivity index (χ0) is 23.9. The highest BCUT2D eigenvalue weighted by atomic mass is 32.2. The van der Waals surface area contributed by atoms with E-state index in [4.69, 9.17) is 4.74 Å². The number of hydrogen-bond acceptors (Lipinski definition) is 6. The molecular weight excluding hydrogens is 480 g/mol. The molecular formula is C27H20N2O4S2. The molecule has 6 nitrogen and oxygen atoms in total. The normalized spacial score (nSPS) is 21.0. The van der Waals surface area contributed by atoms with Crippen LogP contribution in [-0.2, 0) is 16.2 Å². The molecule has 0 saturated carbocycles. The molecule has 0 spiro atoms. The number of anilines is 1. The van der Waals surface area contributed by atoms with Gasteiger partial charge < -0.3 is 9.72 Å². The SMILES string of the molecule is O=C1[C@H]2[C@H](c3ccccc3OCc3ccccc3)c3sc(=O)[nH]c3S[C@H]2C(=O)N1c1ccccc1. The third kappa shape index (κ3) is 3.79. The van der Waals surface area contributed by atoms with Gasteiger partial charge >= 0.3 is 4.87 Å². The standard InChI is InChI=1S/C27H20N2O4S2/c30-25-21-20(18-13-7-8-14-19(18)33-15-16-9-3-1-4-10-16)22-24(28-27(32)35-22)34-23(21)26(31)29(25)17-11-5-2-6-12-17/h1-14,20-21,23H,15H2,(H,28,32)/t20-,21-,23+/m0/s1. The minimum atomic E-state index is -0.645. The van der Waals surface area contributed by atoms with Crippen LogP contribution in [0.15, 0.2) is 94.7 Å². The van der Waals surface area contributed by atoms with E-state index >= 15 is 0 Å². The first-order chi connectivity index (χ1) is 17.1. The highest BCUT2D eigenvalue weighted by Crippen LogP contribution is 2.54. The quantitative estimate of drug-likeness (QED) is 0.398. The number of ether oxygens (including phenoxy) is 1. The Balaban J connectivity index is 1.44. The molecule has 174 valence electrons. The van der Waals surface area contributed by atoms with Crippen molar-refractivity contribution in [3.63, 3.8) is 0 Å². The van der Waals surface area contributed by atoms with Gasteiger partial charge in [-0.1, -0.05) is 89.8 Å². The van der Waals surface area contributed by atoms with Crippen molar-refractivity contribution in [1.29, 1.82) is 0 Å². The fourth-order valence-electron chi connectivity index (χ4n) is 4.79. The van der Waals surface area contributed by atoms with Gasteiger partial charge in [-0.05, 0) is 23.8 Å². The summed E-state index contributed by atoms with van der Waals surface area (Å²) in [5.74, 6) is -1.00. The van der Waals surface area contributed by atoms with Gasteiger partial charge in [-0.3, -0.25) is 14.4 Å². The fourth-order valence-corrected chi connectivity index (χ4v) is 7.29. The Morgan fingerprint density at radius 1 is 0.829 bits per heavy atom. The van der Waals surface area contributed by atoms with Crippen LogP contribution in [0.2, 0.25) is 0 Å². The van der Waals surface area contributed by atoms with Crippen LogP contribution < -0.4 is 14.5 Å². The van der Waals surface area contributed by atoms with Crippen LogP contribution >= 0.6 is 23.1 Å². The van der Waals surface area contributed by atoms with Gasteiger partial charge in [-0.15, -0.1) is 0 Å². The third-order valence-corrected chi connectivity index (χ3v) is 8.73. The summed E-state index contributed by atoms with van der Waals surface area (Å²) in [4.78, 5) is 44.4. The Kier molecular flexibility index (Phi) is 5.54. The number of thioether (sulfide) groups is 1. The number of aromatic amines is 1. The van der Waals surface area contributed by atoms with Crippen LogP contribution in [0.1, 0.15) is 21.9 Å². The smallest absolute Gasteiger partial charge is 0.305 e. The molecule has 4 aromatic rings. The summed E-state index contributed by atoms with van der Waals surface area (Å²) in [6, 6.07) is 26.4. The molecule has 0 aliphatic carbocycles. The molecule has 1 saturated heterocycles. The Morgan fingerprint density at radius 2 is 1.51 bits per heavy atom. The number of amides is 2. The number of nitrogens with one attached hydrogen (secondary N) is 1. The van der Waals surface area contributed by atoms with E-state index in [1.165, 1.54) is 16.7 Å². The first-order valence-corrected chi connectivity index (χ1v) is 12.9. The number of thiazole rings is 1. The van der Waals surface area contributed by atoms with Gasteiger partial charge in [-0.2, -0.15) is 0 Å². The lowest BCUT2D eigenvalue weighted by molar-refractivity contribution is -0.122. The van der Waals surface area contributed by atoms with Crippen LogP contribution in [0, 0.1) is 5.92 Å². The highest BCUT2D eigenvalue weighted by molar-refractivity contribution is 8.00. The summed E-state index contributed by atoms with van der Waals surface area (Å²) in [5, 5.41) is 0.0211. The van der Waals surface area contributed by atoms with E-state index in [2.05, 4.69) is 4.98 Å². The van der Waals surface area contributed by atoms with Crippen LogP contribution in [-0.4, -0.2) is 22.0 Å². The van der Waals surface area contributed by atoms with Gasteiger partial charge in [0.05, 0.1) is 16.6 Å². The van der Waals surface area contributed by atoms with E-state index in [1.807, 2.05) is 72.8 Å². The summed E-state index contributed by atoms with van der Waals surface area (Å²) in [5.41, 5.74) is 2.38. The lowest BCUT2D eigenvalue weighted by atomic mass is 9.82. The topological polar surface area (TPSA) is 79.5 Å². The minimum absolute atomic E-state index is 0.199.